The monoisotopic (exact) mass is 449 g/mol. The lowest BCUT2D eigenvalue weighted by Gasteiger charge is -2.20. The number of thioether (sulfide) groups is 1. The molecule has 2 aliphatic heterocycles. The summed E-state index contributed by atoms with van der Waals surface area (Å²) in [6.07, 6.45) is 7.13. The molecule has 162 valence electrons. The van der Waals surface area contributed by atoms with E-state index in [0.717, 1.165) is 17.9 Å². The number of rotatable bonds is 4. The van der Waals surface area contributed by atoms with E-state index >= 15 is 0 Å². The van der Waals surface area contributed by atoms with Gasteiger partial charge in [0.25, 0.3) is 11.6 Å². The minimum Gasteiger partial charge on any atom is -0.456 e. The van der Waals surface area contributed by atoms with E-state index < -0.39 is 10.8 Å². The molecule has 1 N–H and O–H groups in total. The number of para-hydroxylation sites is 1. The highest BCUT2D eigenvalue weighted by Crippen LogP contribution is 2.37. The molecule has 3 heterocycles. The van der Waals surface area contributed by atoms with Gasteiger partial charge in [-0.2, -0.15) is 15.1 Å². The number of hydrogen-bond donors (Lipinski definition) is 1. The predicted molar refractivity (Wildman–Crippen MR) is 122 cm³/mol. The van der Waals surface area contributed by atoms with Crippen LogP contribution in [0.4, 0.5) is 5.69 Å². The van der Waals surface area contributed by atoms with Gasteiger partial charge in [0.2, 0.25) is 5.17 Å². The Balaban J connectivity index is 1.42. The summed E-state index contributed by atoms with van der Waals surface area (Å²) in [6, 6.07) is 9.48. The van der Waals surface area contributed by atoms with Gasteiger partial charge >= 0.3 is 0 Å². The number of carbonyl (C=O) groups is 1. The van der Waals surface area contributed by atoms with Gasteiger partial charge in [-0.05, 0) is 48.9 Å². The topological polar surface area (TPSA) is 125 Å². The summed E-state index contributed by atoms with van der Waals surface area (Å²) in [7, 11) is 0. The van der Waals surface area contributed by atoms with E-state index in [4.69, 9.17) is 9.83 Å². The van der Waals surface area contributed by atoms with Crippen molar-refractivity contribution in [1.29, 1.82) is 5.41 Å². The maximum absolute atomic E-state index is 12.6. The van der Waals surface area contributed by atoms with Crippen molar-refractivity contribution in [3.8, 4) is 11.3 Å². The molecule has 1 aromatic carbocycles. The van der Waals surface area contributed by atoms with Gasteiger partial charge in [-0.25, -0.2) is 0 Å². The van der Waals surface area contributed by atoms with Gasteiger partial charge in [-0.1, -0.05) is 31.4 Å². The summed E-state index contributed by atoms with van der Waals surface area (Å²) in [5, 5.41) is 27.1. The van der Waals surface area contributed by atoms with Crippen molar-refractivity contribution in [2.75, 3.05) is 0 Å². The number of amides is 1. The first-order chi connectivity index (χ1) is 15.5. The molecule has 32 heavy (non-hydrogen) atoms. The molecule has 1 aromatic heterocycles. The van der Waals surface area contributed by atoms with E-state index in [1.165, 1.54) is 48.2 Å². The van der Waals surface area contributed by atoms with Crippen LogP contribution in [0.2, 0.25) is 0 Å². The first kappa shape index (κ1) is 20.4. The van der Waals surface area contributed by atoms with Crippen LogP contribution in [0.5, 0.6) is 0 Å². The van der Waals surface area contributed by atoms with E-state index in [9.17, 15) is 14.9 Å². The molecule has 5 rings (SSSR count). The smallest absolute Gasteiger partial charge is 0.283 e. The van der Waals surface area contributed by atoms with E-state index in [2.05, 4.69) is 10.1 Å². The van der Waals surface area contributed by atoms with E-state index in [0.29, 0.717) is 28.2 Å². The second kappa shape index (κ2) is 8.19. The highest BCUT2D eigenvalue weighted by Gasteiger charge is 2.38. The van der Waals surface area contributed by atoms with Gasteiger partial charge in [0.15, 0.2) is 5.84 Å². The quantitative estimate of drug-likeness (QED) is 0.395. The Morgan fingerprint density at radius 3 is 2.75 bits per heavy atom. The average Bonchev–Trinajstić information content (AvgIpc) is 3.44. The lowest BCUT2D eigenvalue weighted by Crippen LogP contribution is -2.35. The standard InChI is InChI=1S/C22H19N5O4S/c23-19-16(12-14-10-11-18(31-14)15-8-4-5-9-17(15)27(29)30)20(28)24-22-26(19)25-21(32-22)13-6-2-1-3-7-13/h4-5,8-13,23H,1-3,6-7H2/b16-12-,23-19?. The van der Waals surface area contributed by atoms with Crippen LogP contribution in [0.25, 0.3) is 17.4 Å². The maximum atomic E-state index is 12.6. The normalized spacial score (nSPS) is 20.4. The SMILES string of the molecule is N=C1/C(=C/c2ccc(-c3ccccc3[N+](=O)[O-])o2)C(=O)N=C2SC(C3CCCCC3)=NN12. The summed E-state index contributed by atoms with van der Waals surface area (Å²) in [5.41, 5.74) is 0.326. The van der Waals surface area contributed by atoms with Crippen LogP contribution in [0.15, 0.2) is 56.5 Å². The Labute approximate surface area is 187 Å². The number of hydrogen-bond acceptors (Lipinski definition) is 7. The van der Waals surface area contributed by atoms with Gasteiger partial charge in [-0.3, -0.25) is 20.3 Å². The number of hydrazone groups is 1. The largest absolute Gasteiger partial charge is 0.456 e. The summed E-state index contributed by atoms with van der Waals surface area (Å²) in [6.45, 7) is 0. The molecule has 1 saturated carbocycles. The predicted octanol–water partition coefficient (Wildman–Crippen LogP) is 5.05. The van der Waals surface area contributed by atoms with Gasteiger partial charge < -0.3 is 4.42 Å². The number of nitro benzene ring substituents is 1. The van der Waals surface area contributed by atoms with Gasteiger partial charge in [0.1, 0.15) is 16.6 Å². The van der Waals surface area contributed by atoms with Crippen LogP contribution >= 0.6 is 11.8 Å². The fourth-order valence-corrected chi connectivity index (χ4v) is 5.14. The molecule has 1 amide bonds. The minimum absolute atomic E-state index is 0.0537. The number of nitrogens with zero attached hydrogens (tertiary/aromatic N) is 4. The van der Waals surface area contributed by atoms with Crippen LogP contribution < -0.4 is 0 Å². The molecule has 3 aliphatic rings. The van der Waals surface area contributed by atoms with E-state index in [1.54, 1.807) is 30.3 Å². The molecule has 0 saturated heterocycles. The third-order valence-electron chi connectivity index (χ3n) is 5.70. The Hall–Kier alpha value is -3.53. The van der Waals surface area contributed by atoms with Crippen molar-refractivity contribution in [3.63, 3.8) is 0 Å². The fraction of sp³-hybridized carbons (Fsp3) is 0.273. The second-order valence-electron chi connectivity index (χ2n) is 7.77. The fourth-order valence-electron chi connectivity index (χ4n) is 4.08. The van der Waals surface area contributed by atoms with Crippen LogP contribution in [0, 0.1) is 21.4 Å². The highest BCUT2D eigenvalue weighted by atomic mass is 32.2. The van der Waals surface area contributed by atoms with Gasteiger partial charge in [0.05, 0.1) is 16.1 Å². The zero-order valence-corrected chi connectivity index (χ0v) is 17.8. The average molecular weight is 449 g/mol. The Bertz CT molecular complexity index is 1220. The first-order valence-corrected chi connectivity index (χ1v) is 11.2. The van der Waals surface area contributed by atoms with Crippen LogP contribution in [0.1, 0.15) is 37.9 Å². The summed E-state index contributed by atoms with van der Waals surface area (Å²) in [4.78, 5) is 27.6. The van der Waals surface area contributed by atoms with Crippen molar-refractivity contribution in [2.45, 2.75) is 32.1 Å². The van der Waals surface area contributed by atoms with Crippen molar-refractivity contribution < 1.29 is 14.1 Å². The lowest BCUT2D eigenvalue weighted by molar-refractivity contribution is -0.384. The number of furan rings is 1. The molecule has 0 spiro atoms. The molecule has 9 nitrogen and oxygen atoms in total. The molecule has 0 atom stereocenters. The van der Waals surface area contributed by atoms with Crippen LogP contribution in [-0.4, -0.2) is 31.9 Å². The minimum atomic E-state index is -0.530. The molecule has 0 unspecified atom stereocenters. The molecule has 0 radical (unpaired) electrons. The molecule has 2 aromatic rings. The first-order valence-electron chi connectivity index (χ1n) is 10.3. The highest BCUT2D eigenvalue weighted by molar-refractivity contribution is 8.27. The van der Waals surface area contributed by atoms with Gasteiger partial charge in [0, 0.05) is 12.0 Å². The van der Waals surface area contributed by atoms with Crippen molar-refractivity contribution in [1.82, 2.24) is 5.01 Å². The van der Waals surface area contributed by atoms with Crippen molar-refractivity contribution >= 4 is 45.5 Å². The molecular weight excluding hydrogens is 430 g/mol. The molecule has 1 fully saturated rings. The Kier molecular flexibility index (Phi) is 5.22. The molecule has 0 bridgehead atoms. The second-order valence-corrected chi connectivity index (χ2v) is 8.76. The molecular formula is C22H19N5O4S. The number of nitrogens with one attached hydrogen (secondary N) is 1. The maximum Gasteiger partial charge on any atom is 0.283 e. The number of fused-ring (bicyclic) bond motifs is 1. The van der Waals surface area contributed by atoms with Crippen LogP contribution in [0.3, 0.4) is 0 Å². The number of nitro groups is 1. The lowest BCUT2D eigenvalue weighted by atomic mass is 9.90. The van der Waals surface area contributed by atoms with Crippen molar-refractivity contribution in [3.05, 3.63) is 57.8 Å². The third-order valence-corrected chi connectivity index (χ3v) is 6.78. The molecule has 10 heteroatoms. The zero-order valence-electron chi connectivity index (χ0n) is 17.0. The van der Waals surface area contributed by atoms with E-state index in [-0.39, 0.29) is 17.1 Å². The number of benzene rings is 1. The zero-order chi connectivity index (χ0) is 22.2. The third kappa shape index (κ3) is 3.66. The molecule has 1 aliphatic carbocycles. The number of amidine groups is 2. The van der Waals surface area contributed by atoms with Crippen LogP contribution in [-0.2, 0) is 4.79 Å². The Morgan fingerprint density at radius 1 is 1.19 bits per heavy atom. The summed E-state index contributed by atoms with van der Waals surface area (Å²) >= 11 is 1.37. The number of aliphatic imine (C=N–C) groups is 1. The Morgan fingerprint density at radius 2 is 1.97 bits per heavy atom. The summed E-state index contributed by atoms with van der Waals surface area (Å²) < 4.78 is 5.75. The van der Waals surface area contributed by atoms with Crippen molar-refractivity contribution in [2.24, 2.45) is 16.0 Å². The number of carbonyl (C=O) groups excluding carboxylic acids is 1. The summed E-state index contributed by atoms with van der Waals surface area (Å²) in [5.74, 6) is 0.372. The van der Waals surface area contributed by atoms with E-state index in [1.807, 2.05) is 0 Å². The van der Waals surface area contributed by atoms with Gasteiger partial charge in [-0.15, -0.1) is 0 Å².